The lowest BCUT2D eigenvalue weighted by Crippen LogP contribution is -2.39. The first-order valence-electron chi connectivity index (χ1n) is 9.90. The molecule has 0 radical (unpaired) electrons. The number of nitrogens with one attached hydrogen (secondary N) is 1. The highest BCUT2D eigenvalue weighted by Gasteiger charge is 2.31. The van der Waals surface area contributed by atoms with Gasteiger partial charge in [-0.15, -0.1) is 11.3 Å². The number of pyridine rings is 1. The summed E-state index contributed by atoms with van der Waals surface area (Å²) in [7, 11) is 0. The van der Waals surface area contributed by atoms with Gasteiger partial charge >= 0.3 is 0 Å². The number of nitrogens with zero attached hydrogens (tertiary/aromatic N) is 4. The Bertz CT molecular complexity index is 1120. The van der Waals surface area contributed by atoms with Gasteiger partial charge in [0.2, 0.25) is 5.91 Å². The van der Waals surface area contributed by atoms with Crippen molar-refractivity contribution in [1.29, 1.82) is 0 Å². The van der Waals surface area contributed by atoms with Crippen molar-refractivity contribution in [2.75, 3.05) is 6.54 Å². The Kier molecular flexibility index (Phi) is 5.19. The van der Waals surface area contributed by atoms with E-state index in [4.69, 9.17) is 0 Å². The van der Waals surface area contributed by atoms with E-state index in [1.165, 1.54) is 5.01 Å². The van der Waals surface area contributed by atoms with Crippen molar-refractivity contribution in [1.82, 2.24) is 19.9 Å². The van der Waals surface area contributed by atoms with Crippen LogP contribution in [0.5, 0.6) is 0 Å². The Labute approximate surface area is 179 Å². The summed E-state index contributed by atoms with van der Waals surface area (Å²) in [5.74, 6) is -0.518. The first kappa shape index (κ1) is 20.3. The molecule has 1 N–H and O–H groups in total. The number of amides is 2. The molecule has 1 aliphatic heterocycles. The number of fused-ring (bicyclic) bond motifs is 3. The number of carbonyl (C=O) groups excluding carboxylic acids is 2. The monoisotopic (exact) mass is 423 g/mol. The molecular weight excluding hydrogens is 398 g/mol. The Hall–Kier alpha value is -3.00. The second-order valence-electron chi connectivity index (χ2n) is 8.52. The molecule has 3 aromatic heterocycles. The first-order chi connectivity index (χ1) is 14.2. The maximum absolute atomic E-state index is 13.3. The fraction of sp³-hybridized carbons (Fsp3) is 0.364. The fourth-order valence-corrected chi connectivity index (χ4v) is 4.30. The third-order valence-electron chi connectivity index (χ3n) is 5.27. The lowest BCUT2D eigenvalue weighted by Gasteiger charge is -2.23. The summed E-state index contributed by atoms with van der Waals surface area (Å²) in [5, 5.41) is 10.9. The third-order valence-corrected chi connectivity index (χ3v) is 6.12. The van der Waals surface area contributed by atoms with Crippen molar-refractivity contribution < 1.29 is 9.59 Å². The van der Waals surface area contributed by atoms with E-state index in [0.717, 1.165) is 21.5 Å². The Morgan fingerprint density at radius 2 is 2.00 bits per heavy atom. The van der Waals surface area contributed by atoms with Gasteiger partial charge < -0.3 is 9.88 Å². The zero-order valence-electron chi connectivity index (χ0n) is 17.5. The topological polar surface area (TPSA) is 79.6 Å². The quantitative estimate of drug-likeness (QED) is 0.693. The number of hydrogen-bond donors (Lipinski definition) is 1. The SMILES string of the molecule is C[C@@H](NC(=O)CN1N=C(C(C)(C)C)Cn2c(cc3sccc32)C1=O)c1ccncc1. The highest BCUT2D eigenvalue weighted by atomic mass is 32.1. The average Bonchev–Trinajstić information content (AvgIpc) is 3.25. The number of hydrogen-bond acceptors (Lipinski definition) is 5. The molecule has 2 amide bonds. The molecule has 1 aliphatic rings. The molecular formula is C22H25N5O2S. The Morgan fingerprint density at radius 1 is 1.27 bits per heavy atom. The van der Waals surface area contributed by atoms with E-state index < -0.39 is 0 Å². The fourth-order valence-electron chi connectivity index (χ4n) is 3.48. The summed E-state index contributed by atoms with van der Waals surface area (Å²) in [6.45, 7) is 8.50. The largest absolute Gasteiger partial charge is 0.348 e. The molecule has 1 atom stereocenters. The number of thiophene rings is 1. The number of aromatic nitrogens is 2. The number of rotatable bonds is 4. The second kappa shape index (κ2) is 7.68. The van der Waals surface area contributed by atoms with Crippen LogP contribution >= 0.6 is 11.3 Å². The van der Waals surface area contributed by atoms with Crippen LogP contribution in [0.15, 0.2) is 47.1 Å². The van der Waals surface area contributed by atoms with Crippen LogP contribution < -0.4 is 5.32 Å². The van der Waals surface area contributed by atoms with Gasteiger partial charge in [0.25, 0.3) is 5.91 Å². The summed E-state index contributed by atoms with van der Waals surface area (Å²) in [6, 6.07) is 7.45. The van der Waals surface area contributed by atoms with Gasteiger partial charge in [0, 0.05) is 17.8 Å². The molecule has 0 saturated carbocycles. The molecule has 0 fully saturated rings. The lowest BCUT2D eigenvalue weighted by molar-refractivity contribution is -0.122. The minimum atomic E-state index is -0.260. The third kappa shape index (κ3) is 3.87. The van der Waals surface area contributed by atoms with E-state index >= 15 is 0 Å². The number of carbonyl (C=O) groups is 2. The van der Waals surface area contributed by atoms with Crippen LogP contribution in [0.25, 0.3) is 10.2 Å². The van der Waals surface area contributed by atoms with Gasteiger partial charge in [-0.05, 0) is 42.1 Å². The second-order valence-corrected chi connectivity index (χ2v) is 9.46. The first-order valence-corrected chi connectivity index (χ1v) is 10.8. The van der Waals surface area contributed by atoms with E-state index in [1.54, 1.807) is 23.7 Å². The molecule has 4 heterocycles. The van der Waals surface area contributed by atoms with E-state index in [-0.39, 0.29) is 29.8 Å². The van der Waals surface area contributed by atoms with Gasteiger partial charge in [0.1, 0.15) is 12.2 Å². The zero-order chi connectivity index (χ0) is 21.5. The highest BCUT2D eigenvalue weighted by molar-refractivity contribution is 7.17. The molecule has 0 saturated heterocycles. The average molecular weight is 424 g/mol. The van der Waals surface area contributed by atoms with Crippen LogP contribution in [-0.4, -0.2) is 38.6 Å². The maximum Gasteiger partial charge on any atom is 0.291 e. The molecule has 156 valence electrons. The summed E-state index contributed by atoms with van der Waals surface area (Å²) >= 11 is 1.60. The van der Waals surface area contributed by atoms with Gasteiger partial charge in [-0.25, -0.2) is 5.01 Å². The molecule has 0 unspecified atom stereocenters. The van der Waals surface area contributed by atoms with E-state index in [9.17, 15) is 9.59 Å². The summed E-state index contributed by atoms with van der Waals surface area (Å²) in [5.41, 5.74) is 3.16. The van der Waals surface area contributed by atoms with Crippen molar-refractivity contribution in [2.24, 2.45) is 10.5 Å². The minimum Gasteiger partial charge on any atom is -0.348 e. The van der Waals surface area contributed by atoms with Crippen LogP contribution in [0.2, 0.25) is 0 Å². The van der Waals surface area contributed by atoms with Gasteiger partial charge in [-0.2, -0.15) is 5.10 Å². The van der Waals surface area contributed by atoms with Crippen molar-refractivity contribution in [3.05, 3.63) is 53.3 Å². The van der Waals surface area contributed by atoms with Crippen LogP contribution in [-0.2, 0) is 11.3 Å². The molecule has 0 aliphatic carbocycles. The predicted octanol–water partition coefficient (Wildman–Crippen LogP) is 3.83. The molecule has 30 heavy (non-hydrogen) atoms. The van der Waals surface area contributed by atoms with Crippen LogP contribution in [0.4, 0.5) is 0 Å². The summed E-state index contributed by atoms with van der Waals surface area (Å²) in [6.07, 6.45) is 3.38. The highest BCUT2D eigenvalue weighted by Crippen LogP contribution is 2.30. The zero-order valence-corrected chi connectivity index (χ0v) is 18.4. The van der Waals surface area contributed by atoms with Crippen molar-refractivity contribution in [3.8, 4) is 0 Å². The Balaban J connectivity index is 1.61. The van der Waals surface area contributed by atoms with Crippen molar-refractivity contribution in [2.45, 2.75) is 40.3 Å². The molecule has 8 heteroatoms. The minimum absolute atomic E-state index is 0.132. The van der Waals surface area contributed by atoms with Crippen molar-refractivity contribution >= 4 is 39.1 Å². The van der Waals surface area contributed by atoms with Gasteiger partial charge in [-0.1, -0.05) is 20.8 Å². The van der Waals surface area contributed by atoms with Crippen LogP contribution in [0, 0.1) is 5.41 Å². The van der Waals surface area contributed by atoms with Gasteiger partial charge in [0.15, 0.2) is 0 Å². The molecule has 7 nitrogen and oxygen atoms in total. The summed E-state index contributed by atoms with van der Waals surface area (Å²) in [4.78, 5) is 30.0. The number of hydrazone groups is 1. The van der Waals surface area contributed by atoms with E-state index in [0.29, 0.717) is 12.2 Å². The predicted molar refractivity (Wildman–Crippen MR) is 119 cm³/mol. The Morgan fingerprint density at radius 3 is 2.70 bits per heavy atom. The maximum atomic E-state index is 13.3. The van der Waals surface area contributed by atoms with E-state index in [1.807, 2.05) is 41.1 Å². The standard InChI is InChI=1S/C22H25N5O2S/c1-14(15-5-8-23-9-6-15)24-20(28)13-27-21(29)17-11-18-16(7-10-30-18)26(17)12-19(25-27)22(2,3)4/h5-11,14H,12-13H2,1-4H3,(H,24,28)/t14-/m1/s1. The molecule has 0 bridgehead atoms. The summed E-state index contributed by atoms with van der Waals surface area (Å²) < 4.78 is 3.07. The lowest BCUT2D eigenvalue weighted by atomic mass is 9.90. The molecule has 3 aromatic rings. The van der Waals surface area contributed by atoms with Crippen LogP contribution in [0.1, 0.15) is 49.8 Å². The normalized spacial score (nSPS) is 15.5. The molecule has 4 rings (SSSR count). The van der Waals surface area contributed by atoms with Gasteiger partial charge in [0.05, 0.1) is 28.5 Å². The van der Waals surface area contributed by atoms with Crippen LogP contribution in [0.3, 0.4) is 0 Å². The van der Waals surface area contributed by atoms with E-state index in [2.05, 4.69) is 36.2 Å². The molecule has 0 aromatic carbocycles. The molecule has 0 spiro atoms. The smallest absolute Gasteiger partial charge is 0.291 e. The van der Waals surface area contributed by atoms with Crippen molar-refractivity contribution in [3.63, 3.8) is 0 Å². The van der Waals surface area contributed by atoms with Gasteiger partial charge in [-0.3, -0.25) is 14.6 Å².